The van der Waals surface area contributed by atoms with Crippen LogP contribution in [0.4, 0.5) is 0 Å². The first-order valence-corrected chi connectivity index (χ1v) is 6.95. The molecule has 0 N–H and O–H groups in total. The Balaban J connectivity index is 1.98. The lowest BCUT2D eigenvalue weighted by atomic mass is 10.1. The second kappa shape index (κ2) is 5.41. The SMILES string of the molecule is O=C([O-])COc1ccc2occ(C(=O)c3cccs3)c2c1. The van der Waals surface area contributed by atoms with Crippen LogP contribution in [0.5, 0.6) is 5.75 Å². The third-order valence-corrected chi connectivity index (χ3v) is 3.76. The fraction of sp³-hybridized carbons (Fsp3) is 0.0667. The van der Waals surface area contributed by atoms with Gasteiger partial charge in [-0.3, -0.25) is 4.79 Å². The first-order chi connectivity index (χ1) is 10.1. The minimum atomic E-state index is -1.31. The van der Waals surface area contributed by atoms with Gasteiger partial charge < -0.3 is 19.1 Å². The molecular weight excluding hydrogens is 292 g/mol. The van der Waals surface area contributed by atoms with Crippen molar-refractivity contribution in [2.24, 2.45) is 0 Å². The van der Waals surface area contributed by atoms with Crippen molar-refractivity contribution in [2.75, 3.05) is 6.61 Å². The molecule has 0 saturated carbocycles. The van der Waals surface area contributed by atoms with Gasteiger partial charge in [0, 0.05) is 5.39 Å². The molecule has 106 valence electrons. The van der Waals surface area contributed by atoms with Crippen LogP contribution in [0.3, 0.4) is 0 Å². The van der Waals surface area contributed by atoms with E-state index in [9.17, 15) is 14.7 Å². The number of furan rings is 1. The second-order valence-corrected chi connectivity index (χ2v) is 5.22. The molecule has 0 saturated heterocycles. The Labute approximate surface area is 123 Å². The fourth-order valence-electron chi connectivity index (χ4n) is 1.96. The number of carboxylic acids is 1. The lowest BCUT2D eigenvalue weighted by Crippen LogP contribution is -2.28. The van der Waals surface area contributed by atoms with E-state index in [0.29, 0.717) is 27.2 Å². The molecule has 21 heavy (non-hydrogen) atoms. The predicted molar refractivity (Wildman–Crippen MR) is 74.5 cm³/mol. The van der Waals surface area contributed by atoms with Gasteiger partial charge in [-0.05, 0) is 29.6 Å². The van der Waals surface area contributed by atoms with Crippen molar-refractivity contribution in [3.8, 4) is 5.75 Å². The van der Waals surface area contributed by atoms with Gasteiger partial charge in [-0.15, -0.1) is 11.3 Å². The summed E-state index contributed by atoms with van der Waals surface area (Å²) in [6.45, 7) is -0.544. The molecule has 2 heterocycles. The highest BCUT2D eigenvalue weighted by atomic mass is 32.1. The van der Waals surface area contributed by atoms with Crippen LogP contribution in [-0.2, 0) is 4.79 Å². The van der Waals surface area contributed by atoms with Gasteiger partial charge in [0.2, 0.25) is 5.78 Å². The molecule has 5 nitrogen and oxygen atoms in total. The summed E-state index contributed by atoms with van der Waals surface area (Å²) >= 11 is 1.35. The summed E-state index contributed by atoms with van der Waals surface area (Å²) in [6.07, 6.45) is 1.40. The van der Waals surface area contributed by atoms with E-state index in [4.69, 9.17) is 9.15 Å². The zero-order chi connectivity index (χ0) is 14.8. The molecule has 6 heteroatoms. The van der Waals surface area contributed by atoms with Crippen LogP contribution < -0.4 is 9.84 Å². The Bertz CT molecular complexity index is 801. The number of aliphatic carboxylic acids is 1. The molecular formula is C15H9O5S-. The highest BCUT2D eigenvalue weighted by Gasteiger charge is 2.17. The smallest absolute Gasteiger partial charge is 0.206 e. The number of hydrogen-bond acceptors (Lipinski definition) is 6. The number of ether oxygens (including phenoxy) is 1. The molecule has 2 aromatic heterocycles. The van der Waals surface area contributed by atoms with Crippen molar-refractivity contribution in [1.82, 2.24) is 0 Å². The Morgan fingerprint density at radius 2 is 2.14 bits per heavy atom. The number of benzene rings is 1. The quantitative estimate of drug-likeness (QED) is 0.672. The van der Waals surface area contributed by atoms with Crippen molar-refractivity contribution in [2.45, 2.75) is 0 Å². The molecule has 3 rings (SSSR count). The molecule has 0 spiro atoms. The fourth-order valence-corrected chi connectivity index (χ4v) is 2.63. The van der Waals surface area contributed by atoms with Crippen molar-refractivity contribution in [3.63, 3.8) is 0 Å². The number of carboxylic acid groups (broad SMARTS) is 1. The predicted octanol–water partition coefficient (Wildman–Crippen LogP) is 1.85. The lowest BCUT2D eigenvalue weighted by Gasteiger charge is -2.06. The van der Waals surface area contributed by atoms with Gasteiger partial charge in [-0.1, -0.05) is 6.07 Å². The zero-order valence-corrected chi connectivity index (χ0v) is 11.5. The van der Waals surface area contributed by atoms with E-state index >= 15 is 0 Å². The molecule has 0 radical (unpaired) electrons. The summed E-state index contributed by atoms with van der Waals surface area (Å²) in [4.78, 5) is 23.4. The van der Waals surface area contributed by atoms with Crippen molar-refractivity contribution in [1.29, 1.82) is 0 Å². The Morgan fingerprint density at radius 1 is 1.29 bits per heavy atom. The molecule has 0 bridgehead atoms. The lowest BCUT2D eigenvalue weighted by molar-refractivity contribution is -0.307. The maximum atomic E-state index is 12.4. The van der Waals surface area contributed by atoms with E-state index in [1.54, 1.807) is 30.3 Å². The van der Waals surface area contributed by atoms with Crippen LogP contribution in [0.15, 0.2) is 46.4 Å². The topological polar surface area (TPSA) is 79.6 Å². The highest BCUT2D eigenvalue weighted by Crippen LogP contribution is 2.28. The van der Waals surface area contributed by atoms with Crippen molar-refractivity contribution >= 4 is 34.1 Å². The Hall–Kier alpha value is -2.60. The summed E-state index contributed by atoms with van der Waals surface area (Å²) in [6, 6.07) is 8.33. The van der Waals surface area contributed by atoms with Gasteiger partial charge in [0.05, 0.1) is 16.4 Å². The van der Waals surface area contributed by atoms with Crippen LogP contribution >= 0.6 is 11.3 Å². The van der Waals surface area contributed by atoms with Gasteiger partial charge in [-0.25, -0.2) is 0 Å². The number of carbonyl (C=O) groups is 2. The van der Waals surface area contributed by atoms with Gasteiger partial charge in [0.25, 0.3) is 0 Å². The number of thiophene rings is 1. The first-order valence-electron chi connectivity index (χ1n) is 6.07. The number of rotatable bonds is 5. The van der Waals surface area contributed by atoms with E-state index in [0.717, 1.165) is 0 Å². The maximum Gasteiger partial charge on any atom is 0.206 e. The number of ketones is 1. The van der Waals surface area contributed by atoms with Crippen LogP contribution in [0.2, 0.25) is 0 Å². The number of fused-ring (bicyclic) bond motifs is 1. The van der Waals surface area contributed by atoms with Crippen LogP contribution in [0, 0.1) is 0 Å². The molecule has 0 atom stereocenters. The van der Waals surface area contributed by atoms with E-state index in [1.165, 1.54) is 17.6 Å². The van der Waals surface area contributed by atoms with E-state index in [1.807, 2.05) is 5.38 Å². The highest BCUT2D eigenvalue weighted by molar-refractivity contribution is 7.12. The molecule has 0 amide bonds. The van der Waals surface area contributed by atoms with E-state index in [2.05, 4.69) is 0 Å². The van der Waals surface area contributed by atoms with E-state index in [-0.39, 0.29) is 5.78 Å². The van der Waals surface area contributed by atoms with Crippen LogP contribution in [0.1, 0.15) is 15.2 Å². The third-order valence-electron chi connectivity index (χ3n) is 2.89. The van der Waals surface area contributed by atoms with Crippen LogP contribution in [-0.4, -0.2) is 18.4 Å². The zero-order valence-electron chi connectivity index (χ0n) is 10.7. The summed E-state index contributed by atoms with van der Waals surface area (Å²) in [5, 5.41) is 12.8. The summed E-state index contributed by atoms with van der Waals surface area (Å²) < 4.78 is 10.4. The second-order valence-electron chi connectivity index (χ2n) is 4.27. The molecule has 0 aliphatic carbocycles. The monoisotopic (exact) mass is 301 g/mol. The minimum absolute atomic E-state index is 0.138. The van der Waals surface area contributed by atoms with Crippen LogP contribution in [0.25, 0.3) is 11.0 Å². The number of carbonyl (C=O) groups excluding carboxylic acids is 2. The Kier molecular flexibility index (Phi) is 3.45. The number of hydrogen-bond donors (Lipinski definition) is 0. The van der Waals surface area contributed by atoms with E-state index < -0.39 is 12.6 Å². The average molecular weight is 301 g/mol. The van der Waals surface area contributed by atoms with Gasteiger partial charge in [-0.2, -0.15) is 0 Å². The Morgan fingerprint density at radius 3 is 2.86 bits per heavy atom. The molecule has 1 aromatic carbocycles. The minimum Gasteiger partial charge on any atom is -0.546 e. The van der Waals surface area contributed by atoms with Gasteiger partial charge in [0.1, 0.15) is 24.2 Å². The standard InChI is InChI=1S/C15H10O5S/c16-14(17)8-19-9-3-4-12-10(6-9)11(7-20-12)15(18)13-2-1-5-21-13/h1-7H,8H2,(H,16,17)/p-1. The molecule has 0 unspecified atom stereocenters. The molecule has 0 fully saturated rings. The van der Waals surface area contributed by atoms with Gasteiger partial charge in [0.15, 0.2) is 0 Å². The summed E-state index contributed by atoms with van der Waals surface area (Å²) in [5.74, 6) is -1.11. The van der Waals surface area contributed by atoms with Gasteiger partial charge >= 0.3 is 0 Å². The molecule has 0 aliphatic heterocycles. The largest absolute Gasteiger partial charge is 0.546 e. The first kappa shape index (κ1) is 13.4. The summed E-state index contributed by atoms with van der Waals surface area (Å²) in [5.41, 5.74) is 0.960. The third kappa shape index (κ3) is 2.66. The normalized spacial score (nSPS) is 10.7. The summed E-state index contributed by atoms with van der Waals surface area (Å²) in [7, 11) is 0. The molecule has 0 aliphatic rings. The van der Waals surface area contributed by atoms with Crippen molar-refractivity contribution in [3.05, 3.63) is 52.4 Å². The molecule has 3 aromatic rings. The van der Waals surface area contributed by atoms with Crippen molar-refractivity contribution < 1.29 is 23.8 Å². The average Bonchev–Trinajstić information content (AvgIpc) is 3.13. The maximum absolute atomic E-state index is 12.4.